The molecule has 0 aliphatic carbocycles. The highest BCUT2D eigenvalue weighted by Gasteiger charge is 2.35. The Morgan fingerprint density at radius 2 is 1.97 bits per heavy atom. The van der Waals surface area contributed by atoms with Gasteiger partial charge in [0.25, 0.3) is 0 Å². The van der Waals surface area contributed by atoms with Gasteiger partial charge in [-0.25, -0.2) is 18.1 Å². The molecule has 4 aromatic rings. The van der Waals surface area contributed by atoms with E-state index in [1.54, 1.807) is 37.3 Å². The lowest BCUT2D eigenvalue weighted by molar-refractivity contribution is 0.0892. The van der Waals surface area contributed by atoms with Crippen LogP contribution in [0.2, 0.25) is 0 Å². The zero-order chi connectivity index (χ0) is 20.5. The van der Waals surface area contributed by atoms with Gasteiger partial charge in [-0.2, -0.15) is 0 Å². The summed E-state index contributed by atoms with van der Waals surface area (Å²) in [7, 11) is -3.85. The Balaban J connectivity index is 1.56. The fourth-order valence-corrected chi connectivity index (χ4v) is 4.83. The fourth-order valence-electron chi connectivity index (χ4n) is 2.93. The monoisotopic (exact) mass is 430 g/mol. The molecule has 2 N–H and O–H groups in total. The molecule has 3 aromatic heterocycles. The third-order valence-electron chi connectivity index (χ3n) is 4.52. The van der Waals surface area contributed by atoms with Crippen molar-refractivity contribution in [3.05, 3.63) is 83.0 Å². The van der Waals surface area contributed by atoms with Crippen LogP contribution in [0.3, 0.4) is 0 Å². The van der Waals surface area contributed by atoms with Gasteiger partial charge in [0.05, 0.1) is 17.4 Å². The lowest BCUT2D eigenvalue weighted by Gasteiger charge is -2.26. The van der Waals surface area contributed by atoms with Gasteiger partial charge in [0.1, 0.15) is 17.6 Å². The zero-order valence-corrected chi connectivity index (χ0v) is 17.0. The fraction of sp³-hybridized carbons (Fsp3) is 0.150. The second-order valence-electron chi connectivity index (χ2n) is 6.45. The summed E-state index contributed by atoms with van der Waals surface area (Å²) < 4.78 is 38.4. The summed E-state index contributed by atoms with van der Waals surface area (Å²) in [6, 6.07) is 11.5. The highest BCUT2D eigenvalue weighted by Crippen LogP contribution is 2.33. The molecule has 1 atom stereocenters. The number of nitrogens with zero attached hydrogens (tertiary/aromatic N) is 1. The average Bonchev–Trinajstić information content (AvgIpc) is 3.49. The molecule has 0 unspecified atom stereocenters. The summed E-state index contributed by atoms with van der Waals surface area (Å²) in [6.07, 6.45) is 4.36. The first-order valence-electron chi connectivity index (χ1n) is 8.70. The van der Waals surface area contributed by atoms with Gasteiger partial charge in [0.15, 0.2) is 5.89 Å². The molecule has 0 saturated carbocycles. The van der Waals surface area contributed by atoms with Crippen molar-refractivity contribution in [2.75, 3.05) is 6.54 Å². The maximum Gasteiger partial charge on any atom is 0.240 e. The van der Waals surface area contributed by atoms with Crippen LogP contribution in [-0.2, 0) is 15.6 Å². The molecule has 4 rings (SSSR count). The van der Waals surface area contributed by atoms with E-state index in [4.69, 9.17) is 8.83 Å². The zero-order valence-electron chi connectivity index (χ0n) is 15.4. The smallest absolute Gasteiger partial charge is 0.240 e. The van der Waals surface area contributed by atoms with Crippen LogP contribution >= 0.6 is 11.3 Å². The van der Waals surface area contributed by atoms with Crippen LogP contribution in [0.15, 0.2) is 80.4 Å². The van der Waals surface area contributed by atoms with E-state index in [0.717, 1.165) is 5.56 Å². The van der Waals surface area contributed by atoms with Crippen molar-refractivity contribution in [3.63, 3.8) is 0 Å². The van der Waals surface area contributed by atoms with Gasteiger partial charge in [-0.1, -0.05) is 18.2 Å². The van der Waals surface area contributed by atoms with Crippen LogP contribution in [0.1, 0.15) is 16.3 Å². The van der Waals surface area contributed by atoms with E-state index in [9.17, 15) is 13.5 Å². The highest BCUT2D eigenvalue weighted by molar-refractivity contribution is 7.89. The van der Waals surface area contributed by atoms with E-state index in [2.05, 4.69) is 9.71 Å². The molecule has 0 saturated heterocycles. The predicted octanol–water partition coefficient (Wildman–Crippen LogP) is 3.52. The van der Waals surface area contributed by atoms with Gasteiger partial charge in [-0.15, -0.1) is 11.3 Å². The molecule has 0 aliphatic rings. The van der Waals surface area contributed by atoms with Gasteiger partial charge in [0.2, 0.25) is 10.0 Å². The maximum atomic E-state index is 12.8. The summed E-state index contributed by atoms with van der Waals surface area (Å²) in [5.74, 6) is 0.533. The minimum atomic E-state index is -3.85. The van der Waals surface area contributed by atoms with Crippen LogP contribution in [0, 0.1) is 6.92 Å². The van der Waals surface area contributed by atoms with Crippen molar-refractivity contribution in [3.8, 4) is 11.3 Å². The molecule has 1 aromatic carbocycles. The number of furan rings is 1. The average molecular weight is 431 g/mol. The number of aryl methyl sites for hydroxylation is 1. The summed E-state index contributed by atoms with van der Waals surface area (Å²) in [5.41, 5.74) is 0.312. The van der Waals surface area contributed by atoms with Crippen molar-refractivity contribution in [1.29, 1.82) is 0 Å². The number of sulfonamides is 1. The molecule has 0 bridgehead atoms. The molecule has 0 aliphatic heterocycles. The van der Waals surface area contributed by atoms with Gasteiger partial charge in [0, 0.05) is 29.5 Å². The molecule has 0 amide bonds. The molecule has 0 fully saturated rings. The number of benzene rings is 1. The van der Waals surface area contributed by atoms with Gasteiger partial charge in [-0.3, -0.25) is 0 Å². The van der Waals surface area contributed by atoms with Gasteiger partial charge >= 0.3 is 0 Å². The van der Waals surface area contributed by atoms with Crippen LogP contribution in [0.5, 0.6) is 0 Å². The quantitative estimate of drug-likeness (QED) is 0.465. The highest BCUT2D eigenvalue weighted by atomic mass is 32.2. The van der Waals surface area contributed by atoms with Crippen LogP contribution in [0.25, 0.3) is 11.3 Å². The molecule has 9 heteroatoms. The number of hydrogen-bond acceptors (Lipinski definition) is 7. The minimum absolute atomic E-state index is 0.0854. The van der Waals surface area contributed by atoms with E-state index < -0.39 is 15.6 Å². The number of oxazole rings is 1. The third kappa shape index (κ3) is 3.90. The Kier molecular flexibility index (Phi) is 5.13. The molecule has 0 radical (unpaired) electrons. The number of aromatic nitrogens is 1. The summed E-state index contributed by atoms with van der Waals surface area (Å²) in [4.78, 5) is 4.92. The van der Waals surface area contributed by atoms with Crippen LogP contribution in [0.4, 0.5) is 0 Å². The normalized spacial score (nSPS) is 14.0. The largest absolute Gasteiger partial charge is 0.472 e. The maximum absolute atomic E-state index is 12.8. The van der Waals surface area contributed by atoms with E-state index in [-0.39, 0.29) is 11.4 Å². The summed E-state index contributed by atoms with van der Waals surface area (Å²) >= 11 is 1.33. The van der Waals surface area contributed by atoms with Crippen LogP contribution in [-0.4, -0.2) is 25.1 Å². The lowest BCUT2D eigenvalue weighted by atomic mass is 9.95. The van der Waals surface area contributed by atoms with Crippen molar-refractivity contribution in [2.45, 2.75) is 17.4 Å². The van der Waals surface area contributed by atoms with Crippen molar-refractivity contribution < 1.29 is 22.4 Å². The minimum Gasteiger partial charge on any atom is -0.472 e. The second-order valence-corrected chi connectivity index (χ2v) is 9.16. The van der Waals surface area contributed by atoms with E-state index in [0.29, 0.717) is 22.0 Å². The Morgan fingerprint density at radius 1 is 1.17 bits per heavy atom. The van der Waals surface area contributed by atoms with E-state index in [1.165, 1.54) is 42.3 Å². The summed E-state index contributed by atoms with van der Waals surface area (Å²) in [5, 5.41) is 13.1. The molecule has 0 spiro atoms. The molecular formula is C20H18N2O5S2. The predicted molar refractivity (Wildman–Crippen MR) is 108 cm³/mol. The molecule has 3 heterocycles. The third-order valence-corrected chi connectivity index (χ3v) is 6.96. The molecular weight excluding hydrogens is 412 g/mol. The first-order chi connectivity index (χ1) is 13.9. The first-order valence-corrected chi connectivity index (χ1v) is 11.1. The number of hydrogen-bond donors (Lipinski definition) is 2. The number of aliphatic hydroxyl groups is 1. The van der Waals surface area contributed by atoms with Crippen LogP contribution < -0.4 is 4.72 Å². The van der Waals surface area contributed by atoms with E-state index in [1.807, 2.05) is 5.38 Å². The Labute approximate surface area is 171 Å². The second kappa shape index (κ2) is 7.60. The molecule has 150 valence electrons. The van der Waals surface area contributed by atoms with Crippen molar-refractivity contribution >= 4 is 21.4 Å². The van der Waals surface area contributed by atoms with Gasteiger partial charge < -0.3 is 13.9 Å². The molecule has 29 heavy (non-hydrogen) atoms. The Bertz CT molecular complexity index is 1140. The topological polar surface area (TPSA) is 106 Å². The molecule has 7 nitrogen and oxygen atoms in total. The van der Waals surface area contributed by atoms with Gasteiger partial charge in [-0.05, 0) is 29.6 Å². The Morgan fingerprint density at radius 3 is 2.55 bits per heavy atom. The SMILES string of the molecule is Cc1nc(-c2ccc(S(=O)(=O)NC[C@](O)(c3ccoc3)c3cccs3)cc2)co1. The number of rotatable bonds is 7. The Hall–Kier alpha value is -2.72. The first kappa shape index (κ1) is 19.6. The standard InChI is InChI=1S/C20H18N2O5S2/c1-14-22-18(12-27-14)15-4-6-17(7-5-15)29(24,25)21-13-20(23,16-8-9-26-11-16)19-3-2-10-28-19/h2-12,21,23H,13H2,1H3/t20-/m0/s1. The lowest BCUT2D eigenvalue weighted by Crippen LogP contribution is -2.40. The van der Waals surface area contributed by atoms with Crippen molar-refractivity contribution in [1.82, 2.24) is 9.71 Å². The van der Waals surface area contributed by atoms with Crippen molar-refractivity contribution in [2.24, 2.45) is 0 Å². The number of thiophene rings is 1. The number of nitrogens with one attached hydrogen (secondary N) is 1. The van der Waals surface area contributed by atoms with E-state index >= 15 is 0 Å². The summed E-state index contributed by atoms with van der Waals surface area (Å²) in [6.45, 7) is 1.50.